The lowest BCUT2D eigenvalue weighted by Crippen LogP contribution is -2.54. The first-order chi connectivity index (χ1) is 13.5. The zero-order chi connectivity index (χ0) is 19.7. The standard InChI is InChI=1S/C20H28N4O4/c25-16-6-10-23(19(28)21-16)13-18(27)22-11-8-20(9-12-22)7-5-17(26)24(14-20)15-3-1-2-4-15/h6,10,15H,1-5,7-9,11-14H2,(H,21,25,28). The number of hydrogen-bond acceptors (Lipinski definition) is 4. The Morgan fingerprint density at radius 3 is 2.50 bits per heavy atom. The predicted octanol–water partition coefficient (Wildman–Crippen LogP) is 0.710. The van der Waals surface area contributed by atoms with E-state index in [1.54, 1.807) is 4.90 Å². The fraction of sp³-hybridized carbons (Fsp3) is 0.700. The molecule has 1 aromatic heterocycles. The molecule has 3 fully saturated rings. The first-order valence-corrected chi connectivity index (χ1v) is 10.3. The Morgan fingerprint density at radius 2 is 1.82 bits per heavy atom. The average molecular weight is 388 g/mol. The van der Waals surface area contributed by atoms with Crippen LogP contribution in [0.4, 0.5) is 0 Å². The lowest BCUT2D eigenvalue weighted by atomic mass is 9.72. The van der Waals surface area contributed by atoms with E-state index in [0.717, 1.165) is 38.6 Å². The Bertz CT molecular complexity index is 859. The number of aromatic nitrogens is 2. The van der Waals surface area contributed by atoms with Crippen LogP contribution in [-0.4, -0.2) is 56.8 Å². The molecular formula is C20H28N4O4. The third-order valence-electron chi connectivity index (χ3n) is 6.84. The van der Waals surface area contributed by atoms with Crippen molar-refractivity contribution in [3.63, 3.8) is 0 Å². The third-order valence-corrected chi connectivity index (χ3v) is 6.84. The van der Waals surface area contributed by atoms with Gasteiger partial charge in [-0.15, -0.1) is 0 Å². The monoisotopic (exact) mass is 388 g/mol. The molecule has 8 heteroatoms. The predicted molar refractivity (Wildman–Crippen MR) is 103 cm³/mol. The Labute approximate surface area is 163 Å². The minimum Gasteiger partial charge on any atom is -0.341 e. The molecule has 2 amide bonds. The highest BCUT2D eigenvalue weighted by atomic mass is 16.2. The molecular weight excluding hydrogens is 360 g/mol. The number of carbonyl (C=O) groups is 2. The fourth-order valence-corrected chi connectivity index (χ4v) is 5.05. The van der Waals surface area contributed by atoms with Crippen molar-refractivity contribution in [1.29, 1.82) is 0 Å². The summed E-state index contributed by atoms with van der Waals surface area (Å²) in [5.41, 5.74) is -0.901. The van der Waals surface area contributed by atoms with Gasteiger partial charge in [-0.05, 0) is 37.5 Å². The summed E-state index contributed by atoms with van der Waals surface area (Å²) >= 11 is 0. The summed E-state index contributed by atoms with van der Waals surface area (Å²) in [6.45, 7) is 2.08. The van der Waals surface area contributed by atoms with E-state index in [1.165, 1.54) is 29.7 Å². The molecule has 3 aliphatic rings. The highest BCUT2D eigenvalue weighted by molar-refractivity contribution is 5.78. The number of nitrogens with one attached hydrogen (secondary N) is 1. The Kier molecular flexibility index (Phi) is 5.12. The van der Waals surface area contributed by atoms with Crippen LogP contribution in [0.25, 0.3) is 0 Å². The van der Waals surface area contributed by atoms with Gasteiger partial charge >= 0.3 is 5.69 Å². The van der Waals surface area contributed by atoms with Gasteiger partial charge in [-0.2, -0.15) is 0 Å². The van der Waals surface area contributed by atoms with Crippen LogP contribution in [0.5, 0.6) is 0 Å². The van der Waals surface area contributed by atoms with E-state index in [2.05, 4.69) is 9.88 Å². The van der Waals surface area contributed by atoms with Crippen LogP contribution < -0.4 is 11.2 Å². The third kappa shape index (κ3) is 3.77. The number of carbonyl (C=O) groups excluding carboxylic acids is 2. The molecule has 1 N–H and O–H groups in total. The molecule has 0 unspecified atom stereocenters. The molecule has 0 atom stereocenters. The summed E-state index contributed by atoms with van der Waals surface area (Å²) in [6, 6.07) is 1.66. The Balaban J connectivity index is 1.37. The van der Waals surface area contributed by atoms with Gasteiger partial charge in [0.1, 0.15) is 6.54 Å². The Hall–Kier alpha value is -2.38. The van der Waals surface area contributed by atoms with Crippen LogP contribution >= 0.6 is 0 Å². The molecule has 3 heterocycles. The van der Waals surface area contributed by atoms with Gasteiger partial charge in [-0.3, -0.25) is 23.9 Å². The lowest BCUT2D eigenvalue weighted by Gasteiger charge is -2.49. The van der Waals surface area contributed by atoms with Crippen LogP contribution in [0.15, 0.2) is 21.9 Å². The molecule has 0 aromatic carbocycles. The van der Waals surface area contributed by atoms with Crippen LogP contribution in [0, 0.1) is 5.41 Å². The number of rotatable bonds is 3. The van der Waals surface area contributed by atoms with Crippen molar-refractivity contribution in [2.75, 3.05) is 19.6 Å². The number of aromatic amines is 1. The van der Waals surface area contributed by atoms with Gasteiger partial charge in [0.05, 0.1) is 0 Å². The first kappa shape index (κ1) is 19.0. The molecule has 0 radical (unpaired) electrons. The minimum atomic E-state index is -0.563. The maximum Gasteiger partial charge on any atom is 0.328 e. The number of H-pyrrole nitrogens is 1. The maximum atomic E-state index is 12.6. The maximum absolute atomic E-state index is 12.6. The van der Waals surface area contributed by atoms with Crippen LogP contribution in [0.3, 0.4) is 0 Å². The zero-order valence-electron chi connectivity index (χ0n) is 16.2. The SMILES string of the molecule is O=C(Cn1ccc(=O)[nH]c1=O)N1CCC2(CCC(=O)N(C3CCCC3)C2)CC1. The lowest BCUT2D eigenvalue weighted by molar-refractivity contribution is -0.145. The minimum absolute atomic E-state index is 0.0602. The van der Waals surface area contributed by atoms with Crippen molar-refractivity contribution in [3.8, 4) is 0 Å². The summed E-state index contributed by atoms with van der Waals surface area (Å²) in [5, 5.41) is 0. The van der Waals surface area contributed by atoms with Gasteiger partial charge in [-0.1, -0.05) is 12.8 Å². The second kappa shape index (κ2) is 7.56. The van der Waals surface area contributed by atoms with Crippen molar-refractivity contribution in [1.82, 2.24) is 19.4 Å². The van der Waals surface area contributed by atoms with E-state index in [0.29, 0.717) is 31.5 Å². The van der Waals surface area contributed by atoms with E-state index in [4.69, 9.17) is 0 Å². The van der Waals surface area contributed by atoms with Gasteiger partial charge in [0.25, 0.3) is 5.56 Å². The quantitative estimate of drug-likeness (QED) is 0.825. The van der Waals surface area contributed by atoms with E-state index in [-0.39, 0.29) is 17.9 Å². The number of amides is 2. The molecule has 28 heavy (non-hydrogen) atoms. The highest BCUT2D eigenvalue weighted by Gasteiger charge is 2.43. The molecule has 2 saturated heterocycles. The molecule has 1 spiro atoms. The molecule has 1 aromatic rings. The summed E-state index contributed by atoms with van der Waals surface area (Å²) in [7, 11) is 0. The average Bonchev–Trinajstić information content (AvgIpc) is 3.21. The summed E-state index contributed by atoms with van der Waals surface area (Å²) < 4.78 is 1.23. The summed E-state index contributed by atoms with van der Waals surface area (Å²) in [5.74, 6) is 0.192. The molecule has 1 saturated carbocycles. The van der Waals surface area contributed by atoms with Crippen molar-refractivity contribution < 1.29 is 9.59 Å². The first-order valence-electron chi connectivity index (χ1n) is 10.3. The molecule has 1 aliphatic carbocycles. The molecule has 152 valence electrons. The van der Waals surface area contributed by atoms with Crippen molar-refractivity contribution in [3.05, 3.63) is 33.1 Å². The van der Waals surface area contributed by atoms with E-state index >= 15 is 0 Å². The number of likely N-dealkylation sites (tertiary alicyclic amines) is 2. The number of piperidine rings is 2. The Morgan fingerprint density at radius 1 is 1.11 bits per heavy atom. The van der Waals surface area contributed by atoms with Gasteiger partial charge in [0.2, 0.25) is 11.8 Å². The van der Waals surface area contributed by atoms with Crippen molar-refractivity contribution >= 4 is 11.8 Å². The highest BCUT2D eigenvalue weighted by Crippen LogP contribution is 2.42. The van der Waals surface area contributed by atoms with E-state index in [1.807, 2.05) is 0 Å². The summed E-state index contributed by atoms with van der Waals surface area (Å²) in [6.07, 6.45) is 9.37. The number of hydrogen-bond donors (Lipinski definition) is 1. The molecule has 4 rings (SSSR count). The zero-order valence-corrected chi connectivity index (χ0v) is 16.2. The smallest absolute Gasteiger partial charge is 0.328 e. The van der Waals surface area contributed by atoms with Crippen LogP contribution in [-0.2, 0) is 16.1 Å². The second-order valence-electron chi connectivity index (χ2n) is 8.58. The van der Waals surface area contributed by atoms with E-state index in [9.17, 15) is 19.2 Å². The molecule has 0 bridgehead atoms. The van der Waals surface area contributed by atoms with Crippen LogP contribution in [0.2, 0.25) is 0 Å². The molecule has 8 nitrogen and oxygen atoms in total. The van der Waals surface area contributed by atoms with Gasteiger partial charge in [0.15, 0.2) is 0 Å². The van der Waals surface area contributed by atoms with Gasteiger partial charge < -0.3 is 9.80 Å². The normalized spacial score (nSPS) is 22.8. The topological polar surface area (TPSA) is 95.5 Å². The largest absolute Gasteiger partial charge is 0.341 e. The summed E-state index contributed by atoms with van der Waals surface area (Å²) in [4.78, 5) is 54.1. The van der Waals surface area contributed by atoms with Crippen molar-refractivity contribution in [2.24, 2.45) is 5.41 Å². The number of nitrogens with zero attached hydrogens (tertiary/aromatic N) is 3. The van der Waals surface area contributed by atoms with Crippen molar-refractivity contribution in [2.45, 2.75) is 64.0 Å². The second-order valence-corrected chi connectivity index (χ2v) is 8.58. The van der Waals surface area contributed by atoms with Gasteiger partial charge in [0, 0.05) is 44.4 Å². The van der Waals surface area contributed by atoms with Gasteiger partial charge in [-0.25, -0.2) is 4.79 Å². The fourth-order valence-electron chi connectivity index (χ4n) is 5.05. The molecule has 2 aliphatic heterocycles. The van der Waals surface area contributed by atoms with Crippen LogP contribution in [0.1, 0.15) is 51.4 Å². The van der Waals surface area contributed by atoms with E-state index < -0.39 is 11.2 Å².